The fourth-order valence-corrected chi connectivity index (χ4v) is 13.4. The first-order valence-electron chi connectivity index (χ1n) is 30.1. The van der Waals surface area contributed by atoms with Gasteiger partial charge in [-0.25, -0.2) is 18.8 Å². The summed E-state index contributed by atoms with van der Waals surface area (Å²) in [7, 11) is -11.3. The van der Waals surface area contributed by atoms with Crippen LogP contribution in [-0.4, -0.2) is 119 Å². The van der Waals surface area contributed by atoms with Gasteiger partial charge in [-0.1, -0.05) is 54.6 Å². The number of fused-ring (bicyclic) bond motifs is 11. The van der Waals surface area contributed by atoms with Crippen LogP contribution in [0, 0.1) is 0 Å². The van der Waals surface area contributed by atoms with Crippen LogP contribution < -0.4 is 46.2 Å². The predicted octanol–water partition coefficient (Wildman–Crippen LogP) is 13.0. The van der Waals surface area contributed by atoms with Crippen molar-refractivity contribution in [1.29, 1.82) is 0 Å². The van der Waals surface area contributed by atoms with Crippen molar-refractivity contribution in [2.75, 3.05) is 84.7 Å². The van der Waals surface area contributed by atoms with E-state index in [0.717, 1.165) is 86.6 Å². The Hall–Kier alpha value is -6.99. The summed E-state index contributed by atoms with van der Waals surface area (Å²) in [4.78, 5) is 63.7. The molecule has 2 radical (unpaired) electrons. The maximum absolute atomic E-state index is 14.3. The number of anilines is 4. The van der Waals surface area contributed by atoms with Crippen molar-refractivity contribution in [1.82, 2.24) is 9.21 Å². The quantitative estimate of drug-likeness (QED) is 0.0354. The van der Waals surface area contributed by atoms with Gasteiger partial charge in [-0.3, -0.25) is 9.59 Å². The number of hydrogen-bond donors (Lipinski definition) is 3. The van der Waals surface area contributed by atoms with Gasteiger partial charge in [-0.15, -0.1) is 0 Å². The zero-order valence-electron chi connectivity index (χ0n) is 53.3. The third-order valence-electron chi connectivity index (χ3n) is 16.6. The average Bonchev–Trinajstić information content (AvgIpc) is 1.59. The number of carbonyl (C=O) groups excluding carboxylic acids is 3. The van der Waals surface area contributed by atoms with Crippen molar-refractivity contribution < 1.29 is 104 Å². The zero-order valence-corrected chi connectivity index (χ0v) is 60.4. The minimum absolute atomic E-state index is 0. The minimum Gasteiger partial charge on any atom is -0.453 e. The van der Waals surface area contributed by atoms with Crippen LogP contribution in [0.5, 0.6) is 17.2 Å². The second kappa shape index (κ2) is 30.6. The molecular formula is C65H72BF6N8O10RhS3W. The van der Waals surface area contributed by atoms with Gasteiger partial charge in [0.25, 0.3) is 11.8 Å². The molecule has 0 bridgehead atoms. The predicted molar refractivity (Wildman–Crippen MR) is 357 cm³/mol. The van der Waals surface area contributed by atoms with Crippen molar-refractivity contribution in [3.63, 3.8) is 0 Å². The molecule has 6 aromatic carbocycles. The molecule has 0 saturated carbocycles. The Morgan fingerprint density at radius 1 is 0.611 bits per heavy atom. The summed E-state index contributed by atoms with van der Waals surface area (Å²) in [6, 6.07) is 35.6. The van der Waals surface area contributed by atoms with Gasteiger partial charge < -0.3 is 50.0 Å². The van der Waals surface area contributed by atoms with Gasteiger partial charge in [0, 0.05) is 163 Å². The maximum Gasteiger partial charge on any atom is 0.302 e. The largest absolute Gasteiger partial charge is 0.453 e. The van der Waals surface area contributed by atoms with Crippen LogP contribution in [0.15, 0.2) is 143 Å². The third kappa shape index (κ3) is 14.0. The van der Waals surface area contributed by atoms with E-state index in [1.54, 1.807) is 30.3 Å². The van der Waals surface area contributed by atoms with E-state index in [1.807, 2.05) is 93.3 Å². The summed E-state index contributed by atoms with van der Waals surface area (Å²) in [5.41, 5.74) is 6.42. The van der Waals surface area contributed by atoms with Crippen LogP contribution >= 0.6 is 17.3 Å². The first-order valence-corrected chi connectivity index (χ1v) is 38.5. The number of alkyl halides is 3. The van der Waals surface area contributed by atoms with Crippen LogP contribution in [0.3, 0.4) is 0 Å². The minimum atomic E-state index is -6.28. The molecule has 5 heterocycles. The number of amides is 4. The molecule has 0 aliphatic carbocycles. The number of ether oxygens (including phenoxy) is 2. The molecule has 2 spiro atoms. The van der Waals surface area contributed by atoms with Crippen LogP contribution in [0.2, 0.25) is 0 Å². The summed E-state index contributed by atoms with van der Waals surface area (Å²) < 4.78 is 122. The monoisotopic (exact) mass is 1630 g/mol. The number of hydrogen-bond acceptors (Lipinski definition) is 15. The topological polar surface area (TPSA) is 226 Å². The molecule has 7 aromatic rings. The van der Waals surface area contributed by atoms with Gasteiger partial charge in [0.05, 0.1) is 0 Å². The molecular weight excluding hydrogens is 1560 g/mol. The first-order chi connectivity index (χ1) is 44.6. The molecule has 95 heavy (non-hydrogen) atoms. The Bertz CT molecular complexity index is 4190. The summed E-state index contributed by atoms with van der Waals surface area (Å²) >= 11 is 0.637. The Labute approximate surface area is 575 Å². The zero-order chi connectivity index (χ0) is 69.0. The number of primary amides is 1. The van der Waals surface area contributed by atoms with Gasteiger partial charge in [-0.05, 0) is 116 Å². The molecule has 2 unspecified atom stereocenters. The summed E-state index contributed by atoms with van der Waals surface area (Å²) in [5, 5.41) is 8.12. The number of carbonyl (C=O) groups is 3. The Kier molecular flexibility index (Phi) is 24.3. The van der Waals surface area contributed by atoms with Gasteiger partial charge >= 0.3 is 87.9 Å². The number of urea groups is 1. The maximum atomic E-state index is 14.3. The smallest absolute Gasteiger partial charge is 0.302 e. The van der Waals surface area contributed by atoms with Crippen molar-refractivity contribution in [2.45, 2.75) is 72.0 Å². The molecule has 0 saturated heterocycles. The van der Waals surface area contributed by atoms with E-state index in [0.29, 0.717) is 59.2 Å². The van der Waals surface area contributed by atoms with Crippen molar-refractivity contribution >= 4 is 92.2 Å². The molecule has 5 N–H and O–H groups in total. The average molecular weight is 1630 g/mol. The number of benzene rings is 6. The summed E-state index contributed by atoms with van der Waals surface area (Å²) in [5.74, 6) is -0.820. The van der Waals surface area contributed by atoms with Crippen LogP contribution in [0.4, 0.5) is 52.4 Å². The standard InChI is InChI=1S/C34H32F3N3O6S.C29H32N4O3.CH5BNO.CH3F3S2.Rh.W/c1-5-38(6-2)22-14-13-21-17-25(32(42)46-28(21)18-22)30-20-33(27-16-15-23(19-29(27)45-30)39(7-3)8-4)26-12-10-9-11-24(26)31(41)40(33)47(43,44)34(35,36)37;1-5-31(6-2)19-13-15-23-25(17-19)36-26-18-20(32(7-3)8-4)14-16-24(26)29(23)22-12-10-9-11-21(22)27(34)33(29)28(30)35;3-1-2-4;1-5-6(2,3)4;;/h9-20H,5-8H2,1-4H3;9-18H,5-8H2,1-4H3,(H2,30,35);4H,1,3H2;1H3;;. The summed E-state index contributed by atoms with van der Waals surface area (Å²) in [6.07, 6.45) is 2.58. The third-order valence-corrected chi connectivity index (χ3v) is 25.3. The molecule has 4 aliphatic rings. The van der Waals surface area contributed by atoms with E-state index in [1.165, 1.54) is 47.6 Å². The summed E-state index contributed by atoms with van der Waals surface area (Å²) in [6.45, 7) is 22.3. The fourth-order valence-electron chi connectivity index (χ4n) is 12.3. The Morgan fingerprint density at radius 3 is 1.43 bits per heavy atom. The van der Waals surface area contributed by atoms with E-state index in [-0.39, 0.29) is 69.6 Å². The Morgan fingerprint density at radius 2 is 1.01 bits per heavy atom. The van der Waals surface area contributed by atoms with E-state index in [9.17, 15) is 52.4 Å². The number of imide groups is 1. The molecule has 4 aliphatic heterocycles. The molecule has 1 aromatic heterocycles. The number of halogens is 6. The molecule has 11 rings (SSSR count). The van der Waals surface area contributed by atoms with E-state index >= 15 is 0 Å². The number of sulfonamides is 1. The van der Waals surface area contributed by atoms with Gasteiger partial charge in [-0.2, -0.15) is 21.6 Å². The molecule has 0 fully saturated rings. The van der Waals surface area contributed by atoms with Gasteiger partial charge in [0.1, 0.15) is 45.2 Å². The number of nitrogens with two attached hydrogens (primary N) is 2. The van der Waals surface area contributed by atoms with Crippen molar-refractivity contribution in [3.8, 4) is 17.2 Å². The van der Waals surface area contributed by atoms with Crippen LogP contribution in [0.1, 0.15) is 109 Å². The van der Waals surface area contributed by atoms with E-state index in [2.05, 4.69) is 42.4 Å². The number of nitrogens with zero attached hydrogens (tertiary/aromatic N) is 6. The van der Waals surface area contributed by atoms with Crippen molar-refractivity contribution in [3.05, 3.63) is 188 Å². The van der Waals surface area contributed by atoms with E-state index in [4.69, 9.17) is 30.4 Å². The molecule has 2 atom stereocenters. The SMILES string of the molecule is CCN(CC)c1ccc2c(c1)OC(c1cc3ccc(N(CC)CC)cc3oc1=O)=CC21c2ccccc2C(=O)N1S(=O)(=O)C(F)(F)F.CCN(CC)c1ccc2c(c1)Oc1cc(N(CC)CC)ccc1C21c2ccccc2C(=O)N1C(N)=O.C[S](=[W])S(F)(F)F.NC[B]O.[Rh]. The second-order valence-corrected chi connectivity index (χ2v) is 35.2. The van der Waals surface area contributed by atoms with Gasteiger partial charge in [0.15, 0.2) is 0 Å². The first kappa shape index (κ1) is 75.4. The molecule has 4 amide bonds. The van der Waals surface area contributed by atoms with Gasteiger partial charge in [0.2, 0.25) is 0 Å². The Balaban J connectivity index is 0.000000235. The normalized spacial score (nSPS) is 15.8. The second-order valence-electron chi connectivity index (χ2n) is 21.4. The van der Waals surface area contributed by atoms with Crippen LogP contribution in [-0.2, 0) is 58.6 Å². The van der Waals surface area contributed by atoms with Crippen molar-refractivity contribution in [2.24, 2.45) is 11.5 Å². The number of rotatable bonds is 16. The molecule has 18 nitrogen and oxygen atoms in total. The van der Waals surface area contributed by atoms with E-state index < -0.39 is 67.4 Å². The molecule has 510 valence electrons. The molecule has 30 heteroatoms. The van der Waals surface area contributed by atoms with Crippen LogP contribution in [0.25, 0.3) is 16.7 Å². The fraction of sp³-hybridized carbons (Fsp3) is 0.323.